The second-order valence-corrected chi connectivity index (χ2v) is 5.59. The summed E-state index contributed by atoms with van der Waals surface area (Å²) >= 11 is 0. The molecule has 7 heteroatoms. The number of benzene rings is 1. The molecule has 0 radical (unpaired) electrons. The lowest BCUT2D eigenvalue weighted by atomic mass is 10.2. The van der Waals surface area contributed by atoms with Gasteiger partial charge >= 0.3 is 11.9 Å². The van der Waals surface area contributed by atoms with E-state index in [1.807, 2.05) is 12.1 Å². The molecule has 1 N–H and O–H groups in total. The van der Waals surface area contributed by atoms with Crippen molar-refractivity contribution in [2.24, 2.45) is 0 Å². The van der Waals surface area contributed by atoms with Crippen molar-refractivity contribution in [2.45, 2.75) is 19.8 Å². The smallest absolute Gasteiger partial charge is 0.338 e. The lowest BCUT2D eigenvalue weighted by Crippen LogP contribution is -2.14. The number of unbranched alkanes of at least 4 members (excludes halogenated alkanes) is 1. The van der Waals surface area contributed by atoms with E-state index in [-0.39, 0.29) is 25.8 Å². The standard InChI is InChI=1S/C20H29NO6/c1-3-5-10-21-18-8-6-17(7-9-18)20(23)27-16-14-25-12-11-24-13-15-26-19(22)4-2/h4,6-9,21H,2-3,5,10-16H2,1H3. The largest absolute Gasteiger partial charge is 0.460 e. The molecule has 0 fully saturated rings. The maximum atomic E-state index is 11.9. The summed E-state index contributed by atoms with van der Waals surface area (Å²) in [5.74, 6) is -0.849. The van der Waals surface area contributed by atoms with Crippen LogP contribution in [0.15, 0.2) is 36.9 Å². The van der Waals surface area contributed by atoms with Gasteiger partial charge in [0.1, 0.15) is 13.2 Å². The number of ether oxygens (including phenoxy) is 4. The van der Waals surface area contributed by atoms with Crippen LogP contribution < -0.4 is 5.32 Å². The van der Waals surface area contributed by atoms with Gasteiger partial charge in [-0.3, -0.25) is 0 Å². The second-order valence-electron chi connectivity index (χ2n) is 5.59. The summed E-state index contributed by atoms with van der Waals surface area (Å²) in [6, 6.07) is 7.22. The number of carbonyl (C=O) groups excluding carboxylic acids is 2. The molecular formula is C20H29NO6. The average molecular weight is 379 g/mol. The zero-order valence-corrected chi connectivity index (χ0v) is 15.9. The molecule has 1 aromatic rings. The summed E-state index contributed by atoms with van der Waals surface area (Å²) in [4.78, 5) is 22.7. The fourth-order valence-corrected chi connectivity index (χ4v) is 1.99. The van der Waals surface area contributed by atoms with Crippen molar-refractivity contribution >= 4 is 17.6 Å². The summed E-state index contributed by atoms with van der Waals surface area (Å²) in [5.41, 5.74) is 1.50. The molecule has 0 unspecified atom stereocenters. The highest BCUT2D eigenvalue weighted by molar-refractivity contribution is 5.89. The Balaban J connectivity index is 2.03. The summed E-state index contributed by atoms with van der Waals surface area (Å²) in [6.07, 6.45) is 3.34. The molecule has 0 bridgehead atoms. The summed E-state index contributed by atoms with van der Waals surface area (Å²) < 4.78 is 20.4. The summed E-state index contributed by atoms with van der Waals surface area (Å²) in [7, 11) is 0. The van der Waals surface area contributed by atoms with Crippen LogP contribution in [0.25, 0.3) is 0 Å². The van der Waals surface area contributed by atoms with Gasteiger partial charge in [-0.05, 0) is 30.7 Å². The zero-order chi connectivity index (χ0) is 19.7. The number of esters is 2. The van der Waals surface area contributed by atoms with E-state index in [0.29, 0.717) is 25.4 Å². The lowest BCUT2D eigenvalue weighted by molar-refractivity contribution is -0.139. The predicted octanol–water partition coefficient (Wildman–Crippen LogP) is 2.82. The van der Waals surface area contributed by atoms with Crippen molar-refractivity contribution in [2.75, 3.05) is 51.5 Å². The number of anilines is 1. The van der Waals surface area contributed by atoms with Crippen LogP contribution in [0.2, 0.25) is 0 Å². The van der Waals surface area contributed by atoms with Crippen molar-refractivity contribution < 1.29 is 28.5 Å². The zero-order valence-electron chi connectivity index (χ0n) is 15.9. The molecule has 27 heavy (non-hydrogen) atoms. The molecule has 0 atom stereocenters. The third-order valence-corrected chi connectivity index (χ3v) is 3.45. The van der Waals surface area contributed by atoms with Crippen LogP contribution in [0.4, 0.5) is 5.69 Å². The molecule has 1 rings (SSSR count). The fourth-order valence-electron chi connectivity index (χ4n) is 1.99. The Bertz CT molecular complexity index is 558. The predicted molar refractivity (Wildman–Crippen MR) is 103 cm³/mol. The molecule has 0 aromatic heterocycles. The maximum Gasteiger partial charge on any atom is 0.338 e. The van der Waals surface area contributed by atoms with E-state index in [0.717, 1.165) is 31.1 Å². The highest BCUT2D eigenvalue weighted by atomic mass is 16.6. The Kier molecular flexibility index (Phi) is 12.4. The number of carbonyl (C=O) groups is 2. The molecule has 0 saturated heterocycles. The van der Waals surface area contributed by atoms with Crippen molar-refractivity contribution in [1.29, 1.82) is 0 Å². The molecule has 0 aliphatic rings. The van der Waals surface area contributed by atoms with Crippen molar-refractivity contribution in [1.82, 2.24) is 0 Å². The second kappa shape index (κ2) is 14.8. The van der Waals surface area contributed by atoms with Gasteiger partial charge in [-0.15, -0.1) is 0 Å². The monoisotopic (exact) mass is 379 g/mol. The van der Waals surface area contributed by atoms with Crippen LogP contribution in [0.1, 0.15) is 30.1 Å². The van der Waals surface area contributed by atoms with E-state index in [1.54, 1.807) is 12.1 Å². The minimum atomic E-state index is -0.473. The number of hydrogen-bond donors (Lipinski definition) is 1. The summed E-state index contributed by atoms with van der Waals surface area (Å²) in [6.45, 7) is 8.01. The molecule has 7 nitrogen and oxygen atoms in total. The first-order chi connectivity index (χ1) is 13.2. The van der Waals surface area contributed by atoms with Crippen molar-refractivity contribution in [3.05, 3.63) is 42.5 Å². The molecular weight excluding hydrogens is 350 g/mol. The van der Waals surface area contributed by atoms with Gasteiger partial charge in [0.2, 0.25) is 0 Å². The quantitative estimate of drug-likeness (QED) is 0.285. The molecule has 0 aliphatic heterocycles. The van der Waals surface area contributed by atoms with Gasteiger partial charge in [-0.2, -0.15) is 0 Å². The molecule has 0 heterocycles. The molecule has 0 aliphatic carbocycles. The van der Waals surface area contributed by atoms with Gasteiger partial charge in [0, 0.05) is 18.3 Å². The Morgan fingerprint density at radius 1 is 0.963 bits per heavy atom. The maximum absolute atomic E-state index is 11.9. The number of hydrogen-bond acceptors (Lipinski definition) is 7. The van der Waals surface area contributed by atoms with E-state index < -0.39 is 5.97 Å². The van der Waals surface area contributed by atoms with Gasteiger partial charge in [-0.1, -0.05) is 19.9 Å². The van der Waals surface area contributed by atoms with Crippen LogP contribution in [0.3, 0.4) is 0 Å². The molecule has 0 saturated carbocycles. The highest BCUT2D eigenvalue weighted by Gasteiger charge is 2.06. The van der Waals surface area contributed by atoms with Gasteiger partial charge in [-0.25, -0.2) is 9.59 Å². The third kappa shape index (κ3) is 11.0. The van der Waals surface area contributed by atoms with Crippen LogP contribution in [0, 0.1) is 0 Å². The third-order valence-electron chi connectivity index (χ3n) is 3.45. The van der Waals surface area contributed by atoms with Crippen molar-refractivity contribution in [3.63, 3.8) is 0 Å². The number of rotatable bonds is 15. The van der Waals surface area contributed by atoms with Crippen LogP contribution in [-0.2, 0) is 23.7 Å². The van der Waals surface area contributed by atoms with E-state index >= 15 is 0 Å². The molecule has 1 aromatic carbocycles. The normalized spacial score (nSPS) is 10.3. The Morgan fingerprint density at radius 3 is 2.15 bits per heavy atom. The average Bonchev–Trinajstić information content (AvgIpc) is 2.69. The van der Waals surface area contributed by atoms with Gasteiger partial charge in [0.15, 0.2) is 0 Å². The molecule has 0 spiro atoms. The fraction of sp³-hybridized carbons (Fsp3) is 0.500. The van der Waals surface area contributed by atoms with Gasteiger partial charge in [0.25, 0.3) is 0 Å². The SMILES string of the molecule is C=CC(=O)OCCOCCOCCOC(=O)c1ccc(NCCCC)cc1. The van der Waals surface area contributed by atoms with E-state index in [9.17, 15) is 9.59 Å². The first-order valence-corrected chi connectivity index (χ1v) is 9.13. The highest BCUT2D eigenvalue weighted by Crippen LogP contribution is 2.10. The Morgan fingerprint density at radius 2 is 1.56 bits per heavy atom. The summed E-state index contributed by atoms with van der Waals surface area (Å²) in [5, 5.41) is 3.29. The Labute approximate surface area is 160 Å². The lowest BCUT2D eigenvalue weighted by Gasteiger charge is -2.08. The first kappa shape index (κ1) is 22.7. The van der Waals surface area contributed by atoms with Gasteiger partial charge in [0.05, 0.1) is 32.0 Å². The van der Waals surface area contributed by atoms with Crippen LogP contribution in [0.5, 0.6) is 0 Å². The van der Waals surface area contributed by atoms with Crippen molar-refractivity contribution in [3.8, 4) is 0 Å². The van der Waals surface area contributed by atoms with E-state index in [1.165, 1.54) is 0 Å². The minimum absolute atomic E-state index is 0.173. The molecule has 150 valence electrons. The van der Waals surface area contributed by atoms with Crippen LogP contribution in [-0.4, -0.2) is 58.1 Å². The van der Waals surface area contributed by atoms with E-state index in [4.69, 9.17) is 18.9 Å². The number of nitrogens with one attached hydrogen (secondary N) is 1. The van der Waals surface area contributed by atoms with E-state index in [2.05, 4.69) is 18.8 Å². The van der Waals surface area contributed by atoms with Gasteiger partial charge < -0.3 is 24.3 Å². The Hall–Kier alpha value is -2.38. The topological polar surface area (TPSA) is 83.1 Å². The van der Waals surface area contributed by atoms with Crippen LogP contribution >= 0.6 is 0 Å². The minimum Gasteiger partial charge on any atom is -0.460 e. The first-order valence-electron chi connectivity index (χ1n) is 9.13. The molecule has 0 amide bonds.